The third-order valence-electron chi connectivity index (χ3n) is 3.55. The van der Waals surface area contributed by atoms with Crippen molar-refractivity contribution in [2.24, 2.45) is 0 Å². The van der Waals surface area contributed by atoms with Crippen LogP contribution in [0, 0.1) is 0 Å². The lowest BCUT2D eigenvalue weighted by Crippen LogP contribution is -2.36. The van der Waals surface area contributed by atoms with Crippen molar-refractivity contribution >= 4 is 16.8 Å². The smallest absolute Gasteiger partial charge is 0.335 e. The highest BCUT2D eigenvalue weighted by Gasteiger charge is 2.35. The molecule has 1 N–H and O–H groups in total. The monoisotopic (exact) mass is 295 g/mol. The van der Waals surface area contributed by atoms with E-state index in [0.29, 0.717) is 5.56 Å². The van der Waals surface area contributed by atoms with E-state index in [1.54, 1.807) is 24.4 Å². The summed E-state index contributed by atoms with van der Waals surface area (Å²) in [6.45, 7) is 0.0554. The van der Waals surface area contributed by atoms with E-state index in [1.165, 1.54) is 4.90 Å². The molecule has 1 amide bonds. The fourth-order valence-electron chi connectivity index (χ4n) is 2.36. The zero-order valence-electron chi connectivity index (χ0n) is 10.9. The van der Waals surface area contributed by atoms with E-state index < -0.39 is 11.7 Å². The molecule has 0 bridgehead atoms. The van der Waals surface area contributed by atoms with Crippen LogP contribution in [-0.2, 0) is 0 Å². The molecule has 0 unspecified atom stereocenters. The average molecular weight is 295 g/mol. The third kappa shape index (κ3) is 2.63. The van der Waals surface area contributed by atoms with Crippen molar-refractivity contribution in [3.63, 3.8) is 0 Å². The van der Waals surface area contributed by atoms with Crippen LogP contribution in [0.3, 0.4) is 0 Å². The Hall–Kier alpha value is -2.31. The standard InChI is InChI=1S/C14H12F3N3O/c15-14(16,17)11-3-5-20(6-4-11)13(21)9-1-2-10-8-18-19-12(10)7-9/h1-3,7-8H,4-6H2,(H,18,19). The van der Waals surface area contributed by atoms with Gasteiger partial charge in [0, 0.05) is 29.6 Å². The molecule has 110 valence electrons. The quantitative estimate of drug-likeness (QED) is 0.822. The van der Waals surface area contributed by atoms with E-state index >= 15 is 0 Å². The molecule has 3 rings (SSSR count). The summed E-state index contributed by atoms with van der Waals surface area (Å²) in [7, 11) is 0. The molecule has 1 aliphatic heterocycles. The molecule has 2 aromatic rings. The molecule has 1 aliphatic rings. The molecule has 0 radical (unpaired) electrons. The molecule has 0 fully saturated rings. The Labute approximate surface area is 118 Å². The molecule has 21 heavy (non-hydrogen) atoms. The number of aromatic nitrogens is 2. The lowest BCUT2D eigenvalue weighted by atomic mass is 10.1. The molecule has 2 heterocycles. The van der Waals surface area contributed by atoms with Crippen molar-refractivity contribution in [2.75, 3.05) is 13.1 Å². The first kappa shape index (κ1) is 13.7. The molecule has 0 atom stereocenters. The number of halogens is 3. The molecule has 0 spiro atoms. The van der Waals surface area contributed by atoms with Crippen LogP contribution in [0.25, 0.3) is 10.9 Å². The van der Waals surface area contributed by atoms with Crippen LogP contribution in [0.2, 0.25) is 0 Å². The van der Waals surface area contributed by atoms with E-state index in [0.717, 1.165) is 17.0 Å². The second-order valence-electron chi connectivity index (χ2n) is 4.90. The summed E-state index contributed by atoms with van der Waals surface area (Å²) in [4.78, 5) is 13.7. The number of hydrogen-bond donors (Lipinski definition) is 1. The number of fused-ring (bicyclic) bond motifs is 1. The summed E-state index contributed by atoms with van der Waals surface area (Å²) < 4.78 is 37.6. The molecule has 1 aromatic heterocycles. The summed E-state index contributed by atoms with van der Waals surface area (Å²) in [5.41, 5.74) is 0.607. The van der Waals surface area contributed by atoms with Crippen LogP contribution >= 0.6 is 0 Å². The minimum Gasteiger partial charge on any atom is -0.335 e. The minimum absolute atomic E-state index is 0.0192. The van der Waals surface area contributed by atoms with Gasteiger partial charge in [-0.1, -0.05) is 12.1 Å². The lowest BCUT2D eigenvalue weighted by molar-refractivity contribution is -0.0957. The van der Waals surface area contributed by atoms with E-state index in [4.69, 9.17) is 0 Å². The Morgan fingerprint density at radius 3 is 2.81 bits per heavy atom. The summed E-state index contributed by atoms with van der Waals surface area (Å²) in [6, 6.07) is 5.07. The van der Waals surface area contributed by atoms with Crippen LogP contribution in [0.1, 0.15) is 16.8 Å². The van der Waals surface area contributed by atoms with Crippen molar-refractivity contribution in [3.8, 4) is 0 Å². The lowest BCUT2D eigenvalue weighted by Gasteiger charge is -2.27. The summed E-state index contributed by atoms with van der Waals surface area (Å²) in [5.74, 6) is -0.274. The first-order chi connectivity index (χ1) is 9.95. The van der Waals surface area contributed by atoms with E-state index in [-0.39, 0.29) is 25.4 Å². The minimum atomic E-state index is -4.30. The zero-order valence-corrected chi connectivity index (χ0v) is 10.9. The largest absolute Gasteiger partial charge is 0.412 e. The molecule has 0 saturated heterocycles. The van der Waals surface area contributed by atoms with Gasteiger partial charge in [-0.2, -0.15) is 18.3 Å². The number of nitrogens with one attached hydrogen (secondary N) is 1. The first-order valence-corrected chi connectivity index (χ1v) is 6.44. The molecule has 0 aliphatic carbocycles. The Morgan fingerprint density at radius 2 is 2.14 bits per heavy atom. The zero-order chi connectivity index (χ0) is 15.0. The molecule has 1 aromatic carbocycles. The van der Waals surface area contributed by atoms with Crippen LogP contribution in [0.5, 0.6) is 0 Å². The number of nitrogens with zero attached hydrogens (tertiary/aromatic N) is 2. The van der Waals surface area contributed by atoms with Gasteiger partial charge >= 0.3 is 6.18 Å². The van der Waals surface area contributed by atoms with Gasteiger partial charge in [0.15, 0.2) is 0 Å². The highest BCUT2D eigenvalue weighted by molar-refractivity contribution is 5.97. The van der Waals surface area contributed by atoms with Gasteiger partial charge in [0.1, 0.15) is 0 Å². The van der Waals surface area contributed by atoms with Crippen LogP contribution in [0.15, 0.2) is 36.0 Å². The van der Waals surface area contributed by atoms with Gasteiger partial charge in [0.2, 0.25) is 0 Å². The Balaban J connectivity index is 1.79. The number of hydrogen-bond acceptors (Lipinski definition) is 2. The van der Waals surface area contributed by atoms with Crippen molar-refractivity contribution in [3.05, 3.63) is 41.6 Å². The van der Waals surface area contributed by atoms with Crippen LogP contribution < -0.4 is 0 Å². The van der Waals surface area contributed by atoms with Gasteiger partial charge in [-0.15, -0.1) is 0 Å². The highest BCUT2D eigenvalue weighted by Crippen LogP contribution is 2.30. The topological polar surface area (TPSA) is 49.0 Å². The maximum atomic E-state index is 12.5. The van der Waals surface area contributed by atoms with Gasteiger partial charge in [-0.05, 0) is 18.6 Å². The van der Waals surface area contributed by atoms with Gasteiger partial charge < -0.3 is 4.90 Å². The number of alkyl halides is 3. The summed E-state index contributed by atoms with van der Waals surface area (Å²) in [5, 5.41) is 7.51. The van der Waals surface area contributed by atoms with Gasteiger partial charge in [-0.25, -0.2) is 0 Å². The number of rotatable bonds is 1. The number of aromatic amines is 1. The van der Waals surface area contributed by atoms with Gasteiger partial charge in [-0.3, -0.25) is 9.89 Å². The predicted octanol–water partition coefficient (Wildman–Crippen LogP) is 2.90. The summed E-state index contributed by atoms with van der Waals surface area (Å²) in [6.07, 6.45) is -1.75. The Morgan fingerprint density at radius 1 is 1.33 bits per heavy atom. The maximum Gasteiger partial charge on any atom is 0.412 e. The van der Waals surface area contributed by atoms with Crippen molar-refractivity contribution < 1.29 is 18.0 Å². The normalized spacial score (nSPS) is 16.1. The van der Waals surface area contributed by atoms with E-state index in [1.807, 2.05) is 0 Å². The Bertz CT molecular complexity index is 718. The number of carbonyl (C=O) groups is 1. The molecule has 0 saturated carbocycles. The average Bonchev–Trinajstić information content (AvgIpc) is 2.93. The number of benzene rings is 1. The third-order valence-corrected chi connectivity index (χ3v) is 3.55. The van der Waals surface area contributed by atoms with Crippen LogP contribution in [-0.4, -0.2) is 40.3 Å². The van der Waals surface area contributed by atoms with E-state index in [2.05, 4.69) is 10.2 Å². The number of amides is 1. The first-order valence-electron chi connectivity index (χ1n) is 6.44. The molecule has 4 nitrogen and oxygen atoms in total. The fraction of sp³-hybridized carbons (Fsp3) is 0.286. The highest BCUT2D eigenvalue weighted by atomic mass is 19.4. The molecular weight excluding hydrogens is 283 g/mol. The molecule has 7 heteroatoms. The fourth-order valence-corrected chi connectivity index (χ4v) is 2.36. The van der Waals surface area contributed by atoms with E-state index in [9.17, 15) is 18.0 Å². The summed E-state index contributed by atoms with van der Waals surface area (Å²) >= 11 is 0. The number of H-pyrrole nitrogens is 1. The van der Waals surface area contributed by atoms with Crippen molar-refractivity contribution in [1.82, 2.24) is 15.1 Å². The Kier molecular flexibility index (Phi) is 3.19. The van der Waals surface area contributed by atoms with Crippen molar-refractivity contribution in [2.45, 2.75) is 12.6 Å². The van der Waals surface area contributed by atoms with Gasteiger partial charge in [0.25, 0.3) is 5.91 Å². The number of carbonyl (C=O) groups excluding carboxylic acids is 1. The van der Waals surface area contributed by atoms with Gasteiger partial charge in [0.05, 0.1) is 11.7 Å². The second-order valence-corrected chi connectivity index (χ2v) is 4.90. The maximum absolute atomic E-state index is 12.5. The molecular formula is C14H12F3N3O. The van der Waals surface area contributed by atoms with Crippen LogP contribution in [0.4, 0.5) is 13.2 Å². The van der Waals surface area contributed by atoms with Crippen molar-refractivity contribution in [1.29, 1.82) is 0 Å². The predicted molar refractivity (Wildman–Crippen MR) is 70.8 cm³/mol. The second kappa shape index (κ2) is 4.91. The SMILES string of the molecule is O=C(c1ccc2cn[nH]c2c1)N1CC=C(C(F)(F)F)CC1.